The van der Waals surface area contributed by atoms with Crippen LogP contribution in [0.4, 0.5) is 0 Å². The summed E-state index contributed by atoms with van der Waals surface area (Å²) in [5.74, 6) is 0.949. The molecule has 1 atom stereocenters. The van der Waals surface area contributed by atoms with E-state index in [1.54, 1.807) is 0 Å². The Morgan fingerprint density at radius 1 is 0.960 bits per heavy atom. The summed E-state index contributed by atoms with van der Waals surface area (Å²) in [5.41, 5.74) is 1.37. The maximum Gasteiger partial charge on any atom is 0.123 e. The molecule has 0 saturated carbocycles. The van der Waals surface area contributed by atoms with Gasteiger partial charge in [0.05, 0.1) is 6.61 Å². The molecule has 1 aliphatic rings. The van der Waals surface area contributed by atoms with Gasteiger partial charge in [-0.2, -0.15) is 0 Å². The number of rotatable bonds is 14. The topological polar surface area (TPSA) is 21.8 Å². The van der Waals surface area contributed by atoms with E-state index in [2.05, 4.69) is 50.3 Å². The van der Waals surface area contributed by atoms with Gasteiger partial charge in [-0.1, -0.05) is 56.9 Å². The number of aryl methyl sites for hydroxylation is 1. The fourth-order valence-electron chi connectivity index (χ4n) is 2.89. The average Bonchev–Trinajstić information content (AvgIpc) is 3.37. The van der Waals surface area contributed by atoms with Crippen molar-refractivity contribution in [3.05, 3.63) is 42.0 Å². The maximum atomic E-state index is 5.77. The van der Waals surface area contributed by atoms with Crippen molar-refractivity contribution in [2.45, 2.75) is 83.7 Å². The van der Waals surface area contributed by atoms with Crippen molar-refractivity contribution >= 4 is 0 Å². The van der Waals surface area contributed by atoms with E-state index in [0.717, 1.165) is 12.4 Å². The minimum absolute atomic E-state index is 0.0391. The molecule has 0 spiro atoms. The van der Waals surface area contributed by atoms with Gasteiger partial charge in [0.2, 0.25) is 0 Å². The van der Waals surface area contributed by atoms with Gasteiger partial charge in [-0.25, -0.2) is 0 Å². The molecule has 2 nitrogen and oxygen atoms in total. The summed E-state index contributed by atoms with van der Waals surface area (Å²) in [4.78, 5) is 0. The Morgan fingerprint density at radius 3 is 2.20 bits per heavy atom. The summed E-state index contributed by atoms with van der Waals surface area (Å²) in [5, 5.41) is 0. The third-order valence-electron chi connectivity index (χ3n) is 4.83. The first-order chi connectivity index (χ1) is 12.2. The highest BCUT2D eigenvalue weighted by atomic mass is 16.6. The standard InChI is InChI=1S/C23H36O2/c1-3-4-5-6-7-8-9-10-11-12-13-14-21-15-17-22(18-16-21)24-19-23(2)20-25-23/h8-9,15-18H,3-7,10-14,19-20H2,1-2H3/b9-8+. The van der Waals surface area contributed by atoms with Crippen LogP contribution in [-0.4, -0.2) is 18.8 Å². The van der Waals surface area contributed by atoms with Crippen LogP contribution in [0.2, 0.25) is 0 Å². The lowest BCUT2D eigenvalue weighted by Crippen LogP contribution is -2.16. The van der Waals surface area contributed by atoms with E-state index in [0.29, 0.717) is 6.61 Å². The third-order valence-corrected chi connectivity index (χ3v) is 4.83. The molecule has 1 aliphatic heterocycles. The van der Waals surface area contributed by atoms with Gasteiger partial charge in [-0.15, -0.1) is 0 Å². The molecule has 1 fully saturated rings. The van der Waals surface area contributed by atoms with Crippen molar-refractivity contribution in [3.8, 4) is 5.75 Å². The Labute approximate surface area is 154 Å². The smallest absolute Gasteiger partial charge is 0.123 e. The van der Waals surface area contributed by atoms with Gasteiger partial charge < -0.3 is 9.47 Å². The minimum atomic E-state index is -0.0391. The van der Waals surface area contributed by atoms with E-state index >= 15 is 0 Å². The lowest BCUT2D eigenvalue weighted by molar-refractivity contribution is 0.202. The van der Waals surface area contributed by atoms with Crippen molar-refractivity contribution in [2.24, 2.45) is 0 Å². The lowest BCUT2D eigenvalue weighted by Gasteiger charge is -2.09. The molecule has 0 aromatic heterocycles. The molecule has 1 heterocycles. The van der Waals surface area contributed by atoms with Crippen LogP contribution in [0.15, 0.2) is 36.4 Å². The molecular formula is C23H36O2. The first-order valence-corrected chi connectivity index (χ1v) is 10.2. The molecule has 0 radical (unpaired) electrons. The van der Waals surface area contributed by atoms with E-state index < -0.39 is 0 Å². The predicted octanol–water partition coefficient (Wildman–Crippen LogP) is 6.48. The SMILES string of the molecule is CCCCCC/C=C/CCCCCc1ccc(OCC2(C)CO2)cc1. The van der Waals surface area contributed by atoms with Crippen molar-refractivity contribution in [3.63, 3.8) is 0 Å². The van der Waals surface area contributed by atoms with Crippen LogP contribution >= 0.6 is 0 Å². The van der Waals surface area contributed by atoms with Gasteiger partial charge in [0.15, 0.2) is 0 Å². The second-order valence-electron chi connectivity index (χ2n) is 7.59. The Hall–Kier alpha value is -1.28. The van der Waals surface area contributed by atoms with Gasteiger partial charge in [-0.3, -0.25) is 0 Å². The number of hydrogen-bond donors (Lipinski definition) is 0. The molecule has 1 unspecified atom stereocenters. The van der Waals surface area contributed by atoms with E-state index in [-0.39, 0.29) is 5.60 Å². The number of epoxide rings is 1. The summed E-state index contributed by atoms with van der Waals surface area (Å²) >= 11 is 0. The number of benzene rings is 1. The van der Waals surface area contributed by atoms with Crippen LogP contribution in [0.5, 0.6) is 5.75 Å². The normalized spacial score (nSPS) is 19.4. The third kappa shape index (κ3) is 9.11. The summed E-state index contributed by atoms with van der Waals surface area (Å²) in [6.07, 6.45) is 17.8. The Kier molecular flexibility index (Phi) is 9.10. The molecule has 25 heavy (non-hydrogen) atoms. The van der Waals surface area contributed by atoms with Gasteiger partial charge in [0.25, 0.3) is 0 Å². The second-order valence-corrected chi connectivity index (χ2v) is 7.59. The van der Waals surface area contributed by atoms with Gasteiger partial charge >= 0.3 is 0 Å². The zero-order chi connectivity index (χ0) is 17.8. The van der Waals surface area contributed by atoms with Crippen molar-refractivity contribution in [1.82, 2.24) is 0 Å². The van der Waals surface area contributed by atoms with Crippen LogP contribution in [0.3, 0.4) is 0 Å². The zero-order valence-electron chi connectivity index (χ0n) is 16.3. The number of ether oxygens (including phenoxy) is 2. The molecular weight excluding hydrogens is 308 g/mol. The number of unbranched alkanes of at least 4 members (excludes halogenated alkanes) is 7. The fraction of sp³-hybridized carbons (Fsp3) is 0.652. The van der Waals surface area contributed by atoms with Crippen LogP contribution in [0.25, 0.3) is 0 Å². The lowest BCUT2D eigenvalue weighted by atomic mass is 10.1. The second kappa shape index (κ2) is 11.4. The van der Waals surface area contributed by atoms with E-state index in [1.807, 2.05) is 0 Å². The molecule has 1 aromatic rings. The van der Waals surface area contributed by atoms with Crippen LogP contribution in [0, 0.1) is 0 Å². The van der Waals surface area contributed by atoms with Gasteiger partial charge in [0, 0.05) is 0 Å². The Balaban J connectivity index is 1.47. The van der Waals surface area contributed by atoms with Crippen molar-refractivity contribution in [2.75, 3.05) is 13.2 Å². The monoisotopic (exact) mass is 344 g/mol. The highest BCUT2D eigenvalue weighted by molar-refractivity contribution is 5.27. The zero-order valence-corrected chi connectivity index (χ0v) is 16.3. The van der Waals surface area contributed by atoms with Crippen LogP contribution in [-0.2, 0) is 11.2 Å². The van der Waals surface area contributed by atoms with E-state index in [1.165, 1.54) is 69.8 Å². The first kappa shape index (κ1) is 20.0. The van der Waals surface area contributed by atoms with Gasteiger partial charge in [-0.05, 0) is 63.1 Å². The highest BCUT2D eigenvalue weighted by Crippen LogP contribution is 2.27. The molecule has 2 heteroatoms. The van der Waals surface area contributed by atoms with Crippen molar-refractivity contribution < 1.29 is 9.47 Å². The van der Waals surface area contributed by atoms with Gasteiger partial charge in [0.1, 0.15) is 18.0 Å². The first-order valence-electron chi connectivity index (χ1n) is 10.2. The molecule has 0 N–H and O–H groups in total. The summed E-state index contributed by atoms with van der Waals surface area (Å²) in [6.45, 7) is 5.82. The average molecular weight is 345 g/mol. The summed E-state index contributed by atoms with van der Waals surface area (Å²) in [7, 11) is 0. The molecule has 1 saturated heterocycles. The predicted molar refractivity (Wildman–Crippen MR) is 106 cm³/mol. The van der Waals surface area contributed by atoms with E-state index in [9.17, 15) is 0 Å². The quantitative estimate of drug-likeness (QED) is 0.219. The van der Waals surface area contributed by atoms with Crippen molar-refractivity contribution in [1.29, 1.82) is 0 Å². The van der Waals surface area contributed by atoms with Crippen LogP contribution < -0.4 is 4.74 Å². The molecule has 0 bridgehead atoms. The van der Waals surface area contributed by atoms with Crippen LogP contribution in [0.1, 0.15) is 77.2 Å². The molecule has 140 valence electrons. The van der Waals surface area contributed by atoms with E-state index in [4.69, 9.17) is 9.47 Å². The molecule has 0 aliphatic carbocycles. The number of hydrogen-bond acceptors (Lipinski definition) is 2. The Bertz CT molecular complexity index is 485. The Morgan fingerprint density at radius 2 is 1.60 bits per heavy atom. The molecule has 1 aromatic carbocycles. The molecule has 0 amide bonds. The molecule has 2 rings (SSSR count). The highest BCUT2D eigenvalue weighted by Gasteiger charge is 2.40. The number of allylic oxidation sites excluding steroid dienone is 2. The minimum Gasteiger partial charge on any atom is -0.491 e. The maximum absolute atomic E-state index is 5.77. The summed E-state index contributed by atoms with van der Waals surface area (Å²) < 4.78 is 11.1. The summed E-state index contributed by atoms with van der Waals surface area (Å²) in [6, 6.07) is 8.56. The fourth-order valence-corrected chi connectivity index (χ4v) is 2.89. The largest absolute Gasteiger partial charge is 0.491 e.